The van der Waals surface area contributed by atoms with E-state index in [1.54, 1.807) is 19.1 Å². The maximum atomic E-state index is 13.3. The summed E-state index contributed by atoms with van der Waals surface area (Å²) in [5.41, 5.74) is 8.11. The van der Waals surface area contributed by atoms with Crippen LogP contribution in [-0.4, -0.2) is 9.97 Å². The minimum absolute atomic E-state index is 0.234. The fourth-order valence-corrected chi connectivity index (χ4v) is 2.20. The quantitative estimate of drug-likeness (QED) is 0.932. The normalized spacial score (nSPS) is 10.7. The number of nitrogens with zero attached hydrogens (tertiary/aromatic N) is 2. The number of hydrogen-bond donors (Lipinski definition) is 1. The van der Waals surface area contributed by atoms with E-state index in [0.29, 0.717) is 17.2 Å². The van der Waals surface area contributed by atoms with Crippen LogP contribution in [0.2, 0.25) is 0 Å². The summed E-state index contributed by atoms with van der Waals surface area (Å²) in [6, 6.07) is 4.82. The Morgan fingerprint density at radius 2 is 2.05 bits per heavy atom. The van der Waals surface area contributed by atoms with E-state index in [1.807, 2.05) is 0 Å². The fraction of sp³-hybridized carbons (Fsp3) is 0.286. The van der Waals surface area contributed by atoms with E-state index < -0.39 is 0 Å². The number of nitrogens with two attached hydrogens (primary N) is 1. The van der Waals surface area contributed by atoms with Gasteiger partial charge in [0, 0.05) is 5.56 Å². The molecule has 3 nitrogen and oxygen atoms in total. The molecule has 0 aliphatic rings. The van der Waals surface area contributed by atoms with Gasteiger partial charge in [-0.15, -0.1) is 0 Å². The van der Waals surface area contributed by atoms with Crippen molar-refractivity contribution >= 4 is 21.7 Å². The van der Waals surface area contributed by atoms with Crippen LogP contribution in [0.25, 0.3) is 11.4 Å². The van der Waals surface area contributed by atoms with Crippen molar-refractivity contribution in [1.82, 2.24) is 9.97 Å². The number of halogens is 2. The van der Waals surface area contributed by atoms with E-state index in [4.69, 9.17) is 5.73 Å². The Morgan fingerprint density at radius 3 is 2.68 bits per heavy atom. The highest BCUT2D eigenvalue weighted by molar-refractivity contribution is 9.10. The molecule has 0 amide bonds. The van der Waals surface area contributed by atoms with Gasteiger partial charge >= 0.3 is 0 Å². The first kappa shape index (κ1) is 13.9. The first-order chi connectivity index (χ1) is 9.02. The van der Waals surface area contributed by atoms with Crippen LogP contribution < -0.4 is 5.73 Å². The zero-order valence-electron chi connectivity index (χ0n) is 10.9. The average molecular weight is 324 g/mol. The lowest BCUT2D eigenvalue weighted by Gasteiger charge is -2.09. The number of aryl methyl sites for hydroxylation is 2. The van der Waals surface area contributed by atoms with Crippen molar-refractivity contribution in [2.24, 2.45) is 0 Å². The summed E-state index contributed by atoms with van der Waals surface area (Å²) in [4.78, 5) is 8.76. The molecule has 2 aromatic rings. The van der Waals surface area contributed by atoms with Crippen LogP contribution in [-0.2, 0) is 6.42 Å². The van der Waals surface area contributed by atoms with E-state index >= 15 is 0 Å². The van der Waals surface area contributed by atoms with Gasteiger partial charge in [-0.25, -0.2) is 14.4 Å². The molecule has 2 rings (SSSR count). The van der Waals surface area contributed by atoms with Gasteiger partial charge in [0.25, 0.3) is 0 Å². The molecular weight excluding hydrogens is 309 g/mol. The number of nitrogen functional groups attached to an aromatic ring is 1. The van der Waals surface area contributed by atoms with Crippen molar-refractivity contribution in [3.63, 3.8) is 0 Å². The summed E-state index contributed by atoms with van der Waals surface area (Å²) in [7, 11) is 0. The van der Waals surface area contributed by atoms with Crippen molar-refractivity contribution in [3.05, 3.63) is 39.7 Å². The maximum absolute atomic E-state index is 13.3. The van der Waals surface area contributed by atoms with Gasteiger partial charge in [-0.2, -0.15) is 0 Å². The van der Waals surface area contributed by atoms with Crippen LogP contribution in [0.4, 0.5) is 10.2 Å². The minimum Gasteiger partial charge on any atom is -0.383 e. The smallest absolute Gasteiger partial charge is 0.161 e. The highest BCUT2D eigenvalue weighted by Crippen LogP contribution is 2.26. The van der Waals surface area contributed by atoms with Crippen LogP contribution >= 0.6 is 15.9 Å². The third-order valence-corrected chi connectivity index (χ3v) is 3.71. The summed E-state index contributed by atoms with van der Waals surface area (Å²) in [5.74, 6) is 0.713. The molecule has 1 aromatic heterocycles. The van der Waals surface area contributed by atoms with Gasteiger partial charge in [0.1, 0.15) is 11.6 Å². The van der Waals surface area contributed by atoms with Gasteiger partial charge in [-0.05, 0) is 53.0 Å². The largest absolute Gasteiger partial charge is 0.383 e. The fourth-order valence-electron chi connectivity index (χ4n) is 1.83. The molecule has 0 saturated heterocycles. The second-order valence-electron chi connectivity index (χ2n) is 4.41. The number of anilines is 1. The predicted molar refractivity (Wildman–Crippen MR) is 78.3 cm³/mol. The molecule has 0 bridgehead atoms. The van der Waals surface area contributed by atoms with Gasteiger partial charge in [-0.3, -0.25) is 0 Å². The number of aromatic nitrogens is 2. The molecule has 1 aromatic carbocycles. The molecule has 0 aliphatic heterocycles. The molecule has 1 heterocycles. The first-order valence-corrected chi connectivity index (χ1v) is 6.90. The van der Waals surface area contributed by atoms with Gasteiger partial charge in [0.05, 0.1) is 10.2 Å². The van der Waals surface area contributed by atoms with E-state index in [2.05, 4.69) is 32.8 Å². The van der Waals surface area contributed by atoms with Crippen LogP contribution in [0.5, 0.6) is 0 Å². The summed E-state index contributed by atoms with van der Waals surface area (Å²) >= 11 is 3.40. The van der Waals surface area contributed by atoms with E-state index in [9.17, 15) is 4.39 Å². The lowest BCUT2D eigenvalue weighted by molar-refractivity contribution is 0.618. The molecule has 19 heavy (non-hydrogen) atoms. The Kier molecular flexibility index (Phi) is 4.14. The standard InChI is InChI=1S/C14H15BrFN3/c1-3-4-11-12(15)13(17)19-14(18-11)9-5-6-10(16)8(2)7-9/h5-7H,3-4H2,1-2H3,(H2,17,18,19). The van der Waals surface area contributed by atoms with Crippen molar-refractivity contribution in [2.45, 2.75) is 26.7 Å². The average Bonchev–Trinajstić information content (AvgIpc) is 2.38. The lowest BCUT2D eigenvalue weighted by atomic mass is 10.1. The third kappa shape index (κ3) is 2.92. The highest BCUT2D eigenvalue weighted by Gasteiger charge is 2.11. The van der Waals surface area contributed by atoms with Gasteiger partial charge < -0.3 is 5.73 Å². The summed E-state index contributed by atoms with van der Waals surface area (Å²) in [5, 5.41) is 0. The lowest BCUT2D eigenvalue weighted by Crippen LogP contribution is -2.03. The number of rotatable bonds is 3. The molecule has 0 aliphatic carbocycles. The van der Waals surface area contributed by atoms with Crippen LogP contribution in [0.1, 0.15) is 24.6 Å². The van der Waals surface area contributed by atoms with Crippen LogP contribution in [0, 0.1) is 12.7 Å². The predicted octanol–water partition coefficient (Wildman–Crippen LogP) is 3.89. The summed E-state index contributed by atoms with van der Waals surface area (Å²) in [6.45, 7) is 3.79. The zero-order valence-corrected chi connectivity index (χ0v) is 12.5. The number of benzene rings is 1. The Balaban J connectivity index is 2.52. The van der Waals surface area contributed by atoms with Crippen LogP contribution in [0.15, 0.2) is 22.7 Å². The maximum Gasteiger partial charge on any atom is 0.161 e. The SMILES string of the molecule is CCCc1nc(-c2ccc(F)c(C)c2)nc(N)c1Br. The highest BCUT2D eigenvalue weighted by atomic mass is 79.9. The molecular formula is C14H15BrFN3. The Bertz CT molecular complexity index is 614. The Hall–Kier alpha value is -1.49. The molecule has 100 valence electrons. The van der Waals surface area contributed by atoms with Gasteiger partial charge in [-0.1, -0.05) is 13.3 Å². The molecule has 0 fully saturated rings. The Morgan fingerprint density at radius 1 is 1.32 bits per heavy atom. The summed E-state index contributed by atoms with van der Waals surface area (Å²) < 4.78 is 14.0. The van der Waals surface area contributed by atoms with Gasteiger partial charge in [0.15, 0.2) is 5.82 Å². The van der Waals surface area contributed by atoms with Crippen molar-refractivity contribution in [2.75, 3.05) is 5.73 Å². The van der Waals surface area contributed by atoms with Crippen molar-refractivity contribution in [3.8, 4) is 11.4 Å². The van der Waals surface area contributed by atoms with E-state index in [0.717, 1.165) is 28.6 Å². The summed E-state index contributed by atoms with van der Waals surface area (Å²) in [6.07, 6.45) is 1.79. The van der Waals surface area contributed by atoms with Crippen molar-refractivity contribution in [1.29, 1.82) is 0 Å². The van der Waals surface area contributed by atoms with Crippen molar-refractivity contribution < 1.29 is 4.39 Å². The zero-order chi connectivity index (χ0) is 14.0. The third-order valence-electron chi connectivity index (χ3n) is 2.85. The molecule has 0 saturated carbocycles. The first-order valence-electron chi connectivity index (χ1n) is 6.11. The minimum atomic E-state index is -0.234. The van der Waals surface area contributed by atoms with E-state index in [1.165, 1.54) is 6.07 Å². The van der Waals surface area contributed by atoms with Gasteiger partial charge in [0.2, 0.25) is 0 Å². The molecule has 0 unspecified atom stereocenters. The Labute approximate surface area is 120 Å². The molecule has 0 atom stereocenters. The monoisotopic (exact) mass is 323 g/mol. The number of hydrogen-bond acceptors (Lipinski definition) is 3. The van der Waals surface area contributed by atoms with E-state index in [-0.39, 0.29) is 5.82 Å². The molecule has 2 N–H and O–H groups in total. The molecule has 5 heteroatoms. The molecule has 0 spiro atoms. The topological polar surface area (TPSA) is 51.8 Å². The van der Waals surface area contributed by atoms with Crippen LogP contribution in [0.3, 0.4) is 0 Å². The molecule has 0 radical (unpaired) electrons. The second-order valence-corrected chi connectivity index (χ2v) is 5.20. The second kappa shape index (κ2) is 5.65.